The second-order valence-corrected chi connectivity index (χ2v) is 7.56. The first-order chi connectivity index (χ1) is 12.9. The van der Waals surface area contributed by atoms with E-state index < -0.39 is 18.1 Å². The summed E-state index contributed by atoms with van der Waals surface area (Å²) >= 11 is 1.10. The van der Waals surface area contributed by atoms with Gasteiger partial charge in [-0.1, -0.05) is 32.0 Å². The zero-order valence-corrected chi connectivity index (χ0v) is 16.2. The lowest BCUT2D eigenvalue weighted by Crippen LogP contribution is -2.50. The molecule has 0 radical (unpaired) electrons. The molecular formula is C18H22N4O4S. The molecule has 9 heteroatoms. The van der Waals surface area contributed by atoms with E-state index in [4.69, 9.17) is 4.74 Å². The molecule has 1 amide bonds. The molecule has 0 fully saturated rings. The number of methoxy groups -OCH3 is 1. The predicted molar refractivity (Wildman–Crippen MR) is 102 cm³/mol. The predicted octanol–water partition coefficient (Wildman–Crippen LogP) is 2.42. The molecule has 27 heavy (non-hydrogen) atoms. The van der Waals surface area contributed by atoms with Crippen LogP contribution in [0.2, 0.25) is 0 Å². The normalized spacial score (nSPS) is 16.9. The van der Waals surface area contributed by atoms with Crippen LogP contribution in [0.15, 0.2) is 24.3 Å². The summed E-state index contributed by atoms with van der Waals surface area (Å²) in [7, 11) is 1.47. The second-order valence-electron chi connectivity index (χ2n) is 6.81. The van der Waals surface area contributed by atoms with Crippen molar-refractivity contribution in [2.24, 2.45) is 5.92 Å². The molecule has 0 saturated heterocycles. The zero-order valence-electron chi connectivity index (χ0n) is 15.4. The number of nitrogens with one attached hydrogen (secondary N) is 1. The lowest BCUT2D eigenvalue weighted by molar-refractivity contribution is -0.140. The SMILES string of the molecule is COc1nsc(N[C@@H](CC(C)C)C(=O)N2c3ccccc3CC2C(=O)O)n1. The van der Waals surface area contributed by atoms with E-state index in [-0.39, 0.29) is 17.8 Å². The minimum absolute atomic E-state index is 0.224. The number of carboxylic acid groups (broad SMARTS) is 1. The maximum absolute atomic E-state index is 13.4. The summed E-state index contributed by atoms with van der Waals surface area (Å²) < 4.78 is 9.02. The molecule has 1 aliphatic rings. The van der Waals surface area contributed by atoms with E-state index in [9.17, 15) is 14.7 Å². The Morgan fingerprint density at radius 3 is 2.78 bits per heavy atom. The van der Waals surface area contributed by atoms with Crippen molar-refractivity contribution in [2.45, 2.75) is 38.8 Å². The first-order valence-corrected chi connectivity index (χ1v) is 9.46. The highest BCUT2D eigenvalue weighted by Gasteiger charge is 2.41. The van der Waals surface area contributed by atoms with Crippen LogP contribution in [0.25, 0.3) is 0 Å². The van der Waals surface area contributed by atoms with Crippen LogP contribution >= 0.6 is 11.5 Å². The monoisotopic (exact) mass is 390 g/mol. The van der Waals surface area contributed by atoms with E-state index in [2.05, 4.69) is 14.7 Å². The average Bonchev–Trinajstić information content (AvgIpc) is 3.24. The zero-order chi connectivity index (χ0) is 19.6. The minimum atomic E-state index is -1.01. The van der Waals surface area contributed by atoms with Crippen molar-refractivity contribution in [3.8, 4) is 6.01 Å². The summed E-state index contributed by atoms with van der Waals surface area (Å²) in [5, 5.41) is 13.2. The van der Waals surface area contributed by atoms with Crippen molar-refractivity contribution in [3.05, 3.63) is 29.8 Å². The summed E-state index contributed by atoms with van der Waals surface area (Å²) in [6, 6.07) is 6.02. The van der Waals surface area contributed by atoms with Gasteiger partial charge in [-0.05, 0) is 24.0 Å². The number of carbonyl (C=O) groups excluding carboxylic acids is 1. The van der Waals surface area contributed by atoms with E-state index in [1.54, 1.807) is 6.07 Å². The Kier molecular flexibility index (Phi) is 5.59. The first-order valence-electron chi connectivity index (χ1n) is 8.68. The number of hydrogen-bond donors (Lipinski definition) is 2. The molecule has 2 N–H and O–H groups in total. The number of benzene rings is 1. The number of amides is 1. The number of ether oxygens (including phenoxy) is 1. The molecule has 144 valence electrons. The lowest BCUT2D eigenvalue weighted by Gasteiger charge is -2.28. The number of rotatable bonds is 7. The van der Waals surface area contributed by atoms with Crippen LogP contribution in [-0.4, -0.2) is 45.5 Å². The molecule has 1 aromatic carbocycles. The molecular weight excluding hydrogens is 368 g/mol. The van der Waals surface area contributed by atoms with Gasteiger partial charge in [-0.3, -0.25) is 9.69 Å². The lowest BCUT2D eigenvalue weighted by atomic mass is 10.0. The van der Waals surface area contributed by atoms with E-state index in [1.807, 2.05) is 32.0 Å². The van der Waals surface area contributed by atoms with Gasteiger partial charge in [0, 0.05) is 23.6 Å². The Balaban J connectivity index is 1.90. The third-order valence-corrected chi connectivity index (χ3v) is 5.02. The number of fused-ring (bicyclic) bond motifs is 1. The number of aliphatic carboxylic acids is 1. The molecule has 0 aliphatic carbocycles. The fourth-order valence-corrected chi connectivity index (χ4v) is 3.81. The highest BCUT2D eigenvalue weighted by atomic mass is 32.1. The van der Waals surface area contributed by atoms with Gasteiger partial charge >= 0.3 is 12.0 Å². The number of hydrogen-bond acceptors (Lipinski definition) is 7. The van der Waals surface area contributed by atoms with Crippen LogP contribution in [0.5, 0.6) is 6.01 Å². The molecule has 2 heterocycles. The quantitative estimate of drug-likeness (QED) is 0.748. The van der Waals surface area contributed by atoms with Crippen LogP contribution in [0, 0.1) is 5.92 Å². The Bertz CT molecular complexity index is 838. The molecule has 8 nitrogen and oxygen atoms in total. The minimum Gasteiger partial charge on any atom is -0.480 e. The molecule has 1 aliphatic heterocycles. The van der Waals surface area contributed by atoms with Gasteiger partial charge < -0.3 is 15.2 Å². The summed E-state index contributed by atoms with van der Waals surface area (Å²) in [6.07, 6.45) is 0.837. The Morgan fingerprint density at radius 1 is 1.41 bits per heavy atom. The second kappa shape index (κ2) is 7.91. The molecule has 0 saturated carbocycles. The average molecular weight is 390 g/mol. The van der Waals surface area contributed by atoms with Gasteiger partial charge in [0.05, 0.1) is 7.11 Å². The number of carboxylic acids is 1. The van der Waals surface area contributed by atoms with Crippen LogP contribution in [0.4, 0.5) is 10.8 Å². The van der Waals surface area contributed by atoms with Gasteiger partial charge in [-0.15, -0.1) is 4.37 Å². The van der Waals surface area contributed by atoms with Crippen molar-refractivity contribution in [2.75, 3.05) is 17.3 Å². The maximum Gasteiger partial charge on any atom is 0.329 e. The van der Waals surface area contributed by atoms with E-state index >= 15 is 0 Å². The van der Waals surface area contributed by atoms with Crippen molar-refractivity contribution in [1.29, 1.82) is 0 Å². The van der Waals surface area contributed by atoms with Gasteiger partial charge in [-0.2, -0.15) is 4.98 Å². The van der Waals surface area contributed by atoms with Crippen molar-refractivity contribution in [1.82, 2.24) is 9.36 Å². The number of anilines is 2. The van der Waals surface area contributed by atoms with Gasteiger partial charge in [-0.25, -0.2) is 4.79 Å². The van der Waals surface area contributed by atoms with Crippen LogP contribution < -0.4 is 15.0 Å². The molecule has 0 spiro atoms. The standard InChI is InChI=1S/C18H22N4O4S/c1-10(2)8-12(19-18-20-17(26-3)21-27-18)15(23)22-13-7-5-4-6-11(13)9-14(22)16(24)25/h4-7,10,12,14H,8-9H2,1-3H3,(H,24,25)(H,19,20,21)/t12-,14?/m0/s1. The highest BCUT2D eigenvalue weighted by Crippen LogP contribution is 2.33. The van der Waals surface area contributed by atoms with E-state index in [0.29, 0.717) is 23.7 Å². The maximum atomic E-state index is 13.4. The first kappa shape index (κ1) is 19.1. The van der Waals surface area contributed by atoms with Gasteiger partial charge in [0.25, 0.3) is 0 Å². The van der Waals surface area contributed by atoms with Crippen LogP contribution in [0.3, 0.4) is 0 Å². The van der Waals surface area contributed by atoms with Crippen molar-refractivity contribution < 1.29 is 19.4 Å². The van der Waals surface area contributed by atoms with E-state index in [1.165, 1.54) is 12.0 Å². The summed E-state index contributed by atoms with van der Waals surface area (Å²) in [5.41, 5.74) is 1.51. The number of aromatic nitrogens is 2. The van der Waals surface area contributed by atoms with Gasteiger partial charge in [0.2, 0.25) is 11.0 Å². The van der Waals surface area contributed by atoms with Crippen LogP contribution in [0.1, 0.15) is 25.8 Å². The fraction of sp³-hybridized carbons (Fsp3) is 0.444. The van der Waals surface area contributed by atoms with Gasteiger partial charge in [0.15, 0.2) is 0 Å². The Hall–Kier alpha value is -2.68. The summed E-state index contributed by atoms with van der Waals surface area (Å²) in [6.45, 7) is 4.02. The fourth-order valence-electron chi connectivity index (χ4n) is 3.22. The van der Waals surface area contributed by atoms with Gasteiger partial charge in [0.1, 0.15) is 12.1 Å². The summed E-state index contributed by atoms with van der Waals surface area (Å²) in [4.78, 5) is 30.7. The molecule has 1 unspecified atom stereocenters. The number of nitrogens with zero attached hydrogens (tertiary/aromatic N) is 3. The van der Waals surface area contributed by atoms with Crippen molar-refractivity contribution in [3.63, 3.8) is 0 Å². The largest absolute Gasteiger partial charge is 0.480 e. The van der Waals surface area contributed by atoms with E-state index in [0.717, 1.165) is 17.1 Å². The molecule has 3 rings (SSSR count). The highest BCUT2D eigenvalue weighted by molar-refractivity contribution is 7.09. The molecule has 0 bridgehead atoms. The third kappa shape index (κ3) is 4.02. The smallest absolute Gasteiger partial charge is 0.329 e. The molecule has 1 aromatic heterocycles. The Morgan fingerprint density at radius 2 is 2.15 bits per heavy atom. The number of para-hydroxylation sites is 1. The summed E-state index contributed by atoms with van der Waals surface area (Å²) in [5.74, 6) is -1.07. The van der Waals surface area contributed by atoms with Crippen LogP contribution in [-0.2, 0) is 16.0 Å². The molecule has 2 atom stereocenters. The molecule has 2 aromatic rings. The van der Waals surface area contributed by atoms with Crippen molar-refractivity contribution >= 4 is 34.2 Å². The number of carbonyl (C=O) groups is 2. The topological polar surface area (TPSA) is 105 Å². The third-order valence-electron chi connectivity index (χ3n) is 4.39. The Labute approximate surface area is 161 Å².